The molecule has 1 fully saturated rings. The molecule has 0 bridgehead atoms. The van der Waals surface area contributed by atoms with Crippen LogP contribution in [0.3, 0.4) is 0 Å². The minimum absolute atomic E-state index is 0.0626. The molecule has 0 radical (unpaired) electrons. The van der Waals surface area contributed by atoms with Crippen LogP contribution in [0, 0.1) is 10.1 Å². The zero-order valence-electron chi connectivity index (χ0n) is 9.30. The highest BCUT2D eigenvalue weighted by Crippen LogP contribution is 2.25. The van der Waals surface area contributed by atoms with Gasteiger partial charge in [-0.05, 0) is 12.8 Å². The summed E-state index contributed by atoms with van der Waals surface area (Å²) in [5, 5.41) is 10.6. The Hall–Kier alpha value is -1.82. The van der Waals surface area contributed by atoms with Gasteiger partial charge in [-0.3, -0.25) is 10.1 Å². The smallest absolute Gasteiger partial charge is 0.275 e. The minimum Gasteiger partial charge on any atom is -0.491 e. The van der Waals surface area contributed by atoms with Crippen molar-refractivity contribution in [2.45, 2.75) is 18.9 Å². The van der Waals surface area contributed by atoms with Crippen LogP contribution in [0.15, 0.2) is 18.2 Å². The maximum atomic E-state index is 10.6. The molecule has 1 aliphatic rings. The minimum atomic E-state index is -0.491. The number of anilines is 1. The monoisotopic (exact) mass is 238 g/mol. The highest BCUT2D eigenvalue weighted by atomic mass is 16.6. The van der Waals surface area contributed by atoms with Crippen molar-refractivity contribution in [1.29, 1.82) is 0 Å². The number of hydrogen-bond acceptors (Lipinski definition) is 5. The van der Waals surface area contributed by atoms with Gasteiger partial charge >= 0.3 is 0 Å². The van der Waals surface area contributed by atoms with Crippen molar-refractivity contribution in [3.8, 4) is 5.75 Å². The highest BCUT2D eigenvalue weighted by Gasteiger charge is 2.17. The number of nitrogens with two attached hydrogens (primary N) is 1. The van der Waals surface area contributed by atoms with E-state index in [0.29, 0.717) is 18.0 Å². The number of ether oxygens (including phenoxy) is 2. The molecule has 0 spiro atoms. The van der Waals surface area contributed by atoms with Crippen LogP contribution in [-0.2, 0) is 4.74 Å². The number of nitrogens with zero attached hydrogens (tertiary/aromatic N) is 1. The zero-order chi connectivity index (χ0) is 12.3. The van der Waals surface area contributed by atoms with E-state index < -0.39 is 4.92 Å². The molecule has 17 heavy (non-hydrogen) atoms. The van der Waals surface area contributed by atoms with Gasteiger partial charge in [-0.15, -0.1) is 0 Å². The summed E-state index contributed by atoms with van der Waals surface area (Å²) in [6.45, 7) is 1.16. The van der Waals surface area contributed by atoms with E-state index >= 15 is 0 Å². The first kappa shape index (κ1) is 11.7. The summed E-state index contributed by atoms with van der Waals surface area (Å²) in [4.78, 5) is 10.1. The van der Waals surface area contributed by atoms with Crippen molar-refractivity contribution in [3.63, 3.8) is 0 Å². The molecule has 1 atom stereocenters. The fourth-order valence-electron chi connectivity index (χ4n) is 1.76. The zero-order valence-corrected chi connectivity index (χ0v) is 9.30. The van der Waals surface area contributed by atoms with Gasteiger partial charge in [0.1, 0.15) is 12.4 Å². The van der Waals surface area contributed by atoms with Gasteiger partial charge in [0, 0.05) is 24.4 Å². The summed E-state index contributed by atoms with van der Waals surface area (Å²) in [7, 11) is 0. The van der Waals surface area contributed by atoms with E-state index in [2.05, 4.69) is 0 Å². The predicted octanol–water partition coefficient (Wildman–Crippen LogP) is 1.73. The van der Waals surface area contributed by atoms with E-state index in [1.807, 2.05) is 0 Å². The van der Waals surface area contributed by atoms with E-state index in [1.165, 1.54) is 12.1 Å². The summed E-state index contributed by atoms with van der Waals surface area (Å²) in [6.07, 6.45) is 2.07. The number of hydrogen-bond donors (Lipinski definition) is 1. The van der Waals surface area contributed by atoms with Crippen molar-refractivity contribution in [1.82, 2.24) is 0 Å². The van der Waals surface area contributed by atoms with E-state index in [1.54, 1.807) is 6.07 Å². The molecular formula is C11H14N2O4. The largest absolute Gasteiger partial charge is 0.491 e. The SMILES string of the molecule is Nc1cc(OCC2CCCO2)cc([N+](=O)[O-])c1. The lowest BCUT2D eigenvalue weighted by Gasteiger charge is -2.11. The van der Waals surface area contributed by atoms with E-state index in [0.717, 1.165) is 19.4 Å². The first-order valence-electron chi connectivity index (χ1n) is 5.44. The molecule has 0 saturated carbocycles. The molecular weight excluding hydrogens is 224 g/mol. The van der Waals surface area contributed by atoms with Crippen LogP contribution >= 0.6 is 0 Å². The third-order valence-corrected chi connectivity index (χ3v) is 2.58. The molecule has 1 saturated heterocycles. The number of nitro groups is 1. The van der Waals surface area contributed by atoms with Gasteiger partial charge in [0.15, 0.2) is 0 Å². The summed E-state index contributed by atoms with van der Waals surface area (Å²) in [5.74, 6) is 0.409. The molecule has 2 rings (SSSR count). The second-order valence-corrected chi connectivity index (χ2v) is 3.96. The standard InChI is InChI=1S/C11H14N2O4/c12-8-4-9(13(14)15)6-11(5-8)17-7-10-2-1-3-16-10/h4-6,10H,1-3,7,12H2. The molecule has 1 aromatic carbocycles. The fourth-order valence-corrected chi connectivity index (χ4v) is 1.76. The Kier molecular flexibility index (Phi) is 3.43. The predicted molar refractivity (Wildman–Crippen MR) is 62.0 cm³/mol. The second-order valence-electron chi connectivity index (χ2n) is 3.96. The third kappa shape index (κ3) is 3.07. The maximum absolute atomic E-state index is 10.6. The lowest BCUT2D eigenvalue weighted by Crippen LogP contribution is -2.16. The molecule has 92 valence electrons. The lowest BCUT2D eigenvalue weighted by molar-refractivity contribution is -0.384. The Morgan fingerprint density at radius 2 is 2.35 bits per heavy atom. The molecule has 6 heteroatoms. The van der Waals surface area contributed by atoms with Crippen molar-refractivity contribution in [3.05, 3.63) is 28.3 Å². The first-order valence-corrected chi connectivity index (χ1v) is 5.44. The summed E-state index contributed by atoms with van der Waals surface area (Å²) < 4.78 is 10.8. The number of non-ortho nitro benzene ring substituents is 1. The normalized spacial score (nSPS) is 19.2. The Labute approximate surface area is 98.5 Å². The average Bonchev–Trinajstić information content (AvgIpc) is 2.78. The highest BCUT2D eigenvalue weighted by molar-refractivity contribution is 5.53. The maximum Gasteiger partial charge on any atom is 0.275 e. The summed E-state index contributed by atoms with van der Waals surface area (Å²) in [5.41, 5.74) is 5.82. The van der Waals surface area contributed by atoms with Crippen LogP contribution in [0.4, 0.5) is 11.4 Å². The third-order valence-electron chi connectivity index (χ3n) is 2.58. The molecule has 1 unspecified atom stereocenters. The summed E-state index contributed by atoms with van der Waals surface area (Å²) in [6, 6.07) is 4.24. The molecule has 0 aromatic heterocycles. The van der Waals surface area contributed by atoms with E-state index in [4.69, 9.17) is 15.2 Å². The molecule has 0 amide bonds. The van der Waals surface area contributed by atoms with Crippen LogP contribution in [0.1, 0.15) is 12.8 Å². The van der Waals surface area contributed by atoms with Gasteiger partial charge < -0.3 is 15.2 Å². The molecule has 1 heterocycles. The number of nitrogen functional groups attached to an aromatic ring is 1. The van der Waals surface area contributed by atoms with Crippen LogP contribution < -0.4 is 10.5 Å². The van der Waals surface area contributed by atoms with Crippen LogP contribution in [0.2, 0.25) is 0 Å². The van der Waals surface area contributed by atoms with Gasteiger partial charge in [-0.1, -0.05) is 0 Å². The Balaban J connectivity index is 2.01. The Bertz CT molecular complexity index is 416. The van der Waals surface area contributed by atoms with Crippen molar-refractivity contribution in [2.24, 2.45) is 0 Å². The van der Waals surface area contributed by atoms with Gasteiger partial charge in [-0.2, -0.15) is 0 Å². The van der Waals surface area contributed by atoms with Gasteiger partial charge in [0.25, 0.3) is 5.69 Å². The van der Waals surface area contributed by atoms with Crippen molar-refractivity contribution < 1.29 is 14.4 Å². The Morgan fingerprint density at radius 3 is 3.00 bits per heavy atom. The number of nitro benzene ring substituents is 1. The topological polar surface area (TPSA) is 87.6 Å². The average molecular weight is 238 g/mol. The van der Waals surface area contributed by atoms with Gasteiger partial charge in [0.05, 0.1) is 17.1 Å². The molecule has 2 N–H and O–H groups in total. The van der Waals surface area contributed by atoms with E-state index in [9.17, 15) is 10.1 Å². The van der Waals surface area contributed by atoms with Gasteiger partial charge in [0.2, 0.25) is 0 Å². The fraction of sp³-hybridized carbons (Fsp3) is 0.455. The van der Waals surface area contributed by atoms with Crippen LogP contribution in [-0.4, -0.2) is 24.2 Å². The molecule has 1 aromatic rings. The molecule has 6 nitrogen and oxygen atoms in total. The molecule has 0 aliphatic carbocycles. The van der Waals surface area contributed by atoms with Crippen LogP contribution in [0.25, 0.3) is 0 Å². The van der Waals surface area contributed by atoms with Crippen molar-refractivity contribution in [2.75, 3.05) is 18.9 Å². The van der Waals surface area contributed by atoms with Crippen LogP contribution in [0.5, 0.6) is 5.75 Å². The van der Waals surface area contributed by atoms with Crippen molar-refractivity contribution >= 4 is 11.4 Å². The first-order chi connectivity index (χ1) is 8.15. The van der Waals surface area contributed by atoms with Gasteiger partial charge in [-0.25, -0.2) is 0 Å². The Morgan fingerprint density at radius 1 is 1.53 bits per heavy atom. The lowest BCUT2D eigenvalue weighted by atomic mass is 10.2. The second kappa shape index (κ2) is 5.01. The number of rotatable bonds is 4. The van der Waals surface area contributed by atoms with E-state index in [-0.39, 0.29) is 11.8 Å². The molecule has 1 aliphatic heterocycles. The quantitative estimate of drug-likeness (QED) is 0.490. The summed E-state index contributed by atoms with van der Waals surface area (Å²) >= 11 is 0. The number of benzene rings is 1.